The summed E-state index contributed by atoms with van der Waals surface area (Å²) in [5.74, 6) is 0. The zero-order valence-electron chi connectivity index (χ0n) is 9.90. The second-order valence-electron chi connectivity index (χ2n) is 4.38. The number of hydrogen-bond donors (Lipinski definition) is 1. The largest absolute Gasteiger partial charge is 0.411 e. The van der Waals surface area contributed by atoms with Gasteiger partial charge in [-0.15, -0.1) is 0 Å². The van der Waals surface area contributed by atoms with Crippen LogP contribution in [0.1, 0.15) is 31.2 Å². The van der Waals surface area contributed by atoms with Gasteiger partial charge in [-0.05, 0) is 37.8 Å². The van der Waals surface area contributed by atoms with Gasteiger partial charge in [0, 0.05) is 15.6 Å². The van der Waals surface area contributed by atoms with Crippen LogP contribution in [0, 0.1) is 0 Å². The standard InChI is InChI=1S/C13H15Cl2NO2/c14-12-2-1-3-13(15)11(12)8-18-10-6-4-9(16-17)5-7-10/h1-3,10,17H,4-8H2. The smallest absolute Gasteiger partial charge is 0.0749 e. The highest BCUT2D eigenvalue weighted by Gasteiger charge is 2.19. The molecule has 0 unspecified atom stereocenters. The lowest BCUT2D eigenvalue weighted by Gasteiger charge is -2.23. The van der Waals surface area contributed by atoms with Crippen LogP contribution in [0.15, 0.2) is 23.4 Å². The third-order valence-corrected chi connectivity index (χ3v) is 3.88. The first-order valence-corrected chi connectivity index (χ1v) is 6.70. The van der Waals surface area contributed by atoms with Crippen LogP contribution in [0.4, 0.5) is 0 Å². The Morgan fingerprint density at radius 1 is 1.22 bits per heavy atom. The summed E-state index contributed by atoms with van der Waals surface area (Å²) in [6.45, 7) is 0.425. The van der Waals surface area contributed by atoms with Crippen molar-refractivity contribution in [3.8, 4) is 0 Å². The lowest BCUT2D eigenvalue weighted by Crippen LogP contribution is -2.21. The van der Waals surface area contributed by atoms with E-state index in [2.05, 4.69) is 5.16 Å². The first-order valence-electron chi connectivity index (χ1n) is 5.95. The SMILES string of the molecule is ON=C1CCC(OCc2c(Cl)cccc2Cl)CC1. The summed E-state index contributed by atoms with van der Waals surface area (Å²) in [6.07, 6.45) is 3.51. The van der Waals surface area contributed by atoms with Gasteiger partial charge < -0.3 is 9.94 Å². The second kappa shape index (κ2) is 6.41. The summed E-state index contributed by atoms with van der Waals surface area (Å²) in [7, 11) is 0. The Morgan fingerprint density at radius 3 is 2.39 bits per heavy atom. The summed E-state index contributed by atoms with van der Waals surface area (Å²) in [4.78, 5) is 0. The van der Waals surface area contributed by atoms with E-state index in [9.17, 15) is 0 Å². The van der Waals surface area contributed by atoms with Gasteiger partial charge in [0.15, 0.2) is 0 Å². The van der Waals surface area contributed by atoms with E-state index in [0.29, 0.717) is 16.7 Å². The number of rotatable bonds is 3. The maximum absolute atomic E-state index is 8.67. The van der Waals surface area contributed by atoms with Crippen molar-refractivity contribution in [1.29, 1.82) is 0 Å². The number of benzene rings is 1. The van der Waals surface area contributed by atoms with Gasteiger partial charge in [0.2, 0.25) is 0 Å². The molecule has 1 saturated carbocycles. The van der Waals surface area contributed by atoms with Gasteiger partial charge in [-0.3, -0.25) is 0 Å². The lowest BCUT2D eigenvalue weighted by molar-refractivity contribution is 0.0278. The summed E-state index contributed by atoms with van der Waals surface area (Å²) in [6, 6.07) is 5.44. The molecule has 0 amide bonds. The predicted molar refractivity (Wildman–Crippen MR) is 72.7 cm³/mol. The average molecular weight is 288 g/mol. The van der Waals surface area contributed by atoms with Gasteiger partial charge >= 0.3 is 0 Å². The number of ether oxygens (including phenoxy) is 1. The van der Waals surface area contributed by atoms with Crippen molar-refractivity contribution in [2.45, 2.75) is 38.4 Å². The van der Waals surface area contributed by atoms with Crippen molar-refractivity contribution < 1.29 is 9.94 Å². The zero-order chi connectivity index (χ0) is 13.0. The summed E-state index contributed by atoms with van der Waals surface area (Å²) in [5, 5.41) is 13.2. The van der Waals surface area contributed by atoms with E-state index in [4.69, 9.17) is 33.1 Å². The van der Waals surface area contributed by atoms with Crippen LogP contribution in [-0.2, 0) is 11.3 Å². The molecule has 0 bridgehead atoms. The van der Waals surface area contributed by atoms with E-state index < -0.39 is 0 Å². The van der Waals surface area contributed by atoms with Gasteiger partial charge in [-0.1, -0.05) is 34.4 Å². The Balaban J connectivity index is 1.89. The normalized spacial score (nSPS) is 19.9. The molecule has 1 aromatic rings. The highest BCUT2D eigenvalue weighted by atomic mass is 35.5. The summed E-state index contributed by atoms with van der Waals surface area (Å²) < 4.78 is 5.82. The van der Waals surface area contributed by atoms with E-state index in [1.165, 1.54) is 0 Å². The Kier molecular flexibility index (Phi) is 4.87. The molecule has 18 heavy (non-hydrogen) atoms. The topological polar surface area (TPSA) is 41.8 Å². The number of nitrogens with zero attached hydrogens (tertiary/aromatic N) is 1. The van der Waals surface area contributed by atoms with Crippen LogP contribution >= 0.6 is 23.2 Å². The van der Waals surface area contributed by atoms with Crippen molar-refractivity contribution in [3.63, 3.8) is 0 Å². The van der Waals surface area contributed by atoms with E-state index in [1.54, 1.807) is 0 Å². The molecule has 5 heteroatoms. The average Bonchev–Trinajstić information content (AvgIpc) is 2.39. The molecule has 98 valence electrons. The number of hydrogen-bond acceptors (Lipinski definition) is 3. The second-order valence-corrected chi connectivity index (χ2v) is 5.19. The Morgan fingerprint density at radius 2 is 1.83 bits per heavy atom. The third-order valence-electron chi connectivity index (χ3n) is 3.18. The van der Waals surface area contributed by atoms with Gasteiger partial charge in [0.05, 0.1) is 18.4 Å². The van der Waals surface area contributed by atoms with Crippen LogP contribution < -0.4 is 0 Å². The van der Waals surface area contributed by atoms with Crippen LogP contribution in [-0.4, -0.2) is 17.0 Å². The molecule has 0 atom stereocenters. The predicted octanol–water partition coefficient (Wildman–Crippen LogP) is 4.28. The van der Waals surface area contributed by atoms with E-state index >= 15 is 0 Å². The molecule has 3 nitrogen and oxygen atoms in total. The monoisotopic (exact) mass is 287 g/mol. The summed E-state index contributed by atoms with van der Waals surface area (Å²) >= 11 is 12.2. The molecule has 1 aliphatic rings. The van der Waals surface area contributed by atoms with Crippen LogP contribution in [0.25, 0.3) is 0 Å². The van der Waals surface area contributed by atoms with Gasteiger partial charge in [-0.25, -0.2) is 0 Å². The Hall–Kier alpha value is -0.770. The molecule has 0 aromatic heterocycles. The van der Waals surface area contributed by atoms with Crippen molar-refractivity contribution in [3.05, 3.63) is 33.8 Å². The van der Waals surface area contributed by atoms with Crippen molar-refractivity contribution in [2.75, 3.05) is 0 Å². The minimum atomic E-state index is 0.183. The van der Waals surface area contributed by atoms with Crippen molar-refractivity contribution in [1.82, 2.24) is 0 Å². The van der Waals surface area contributed by atoms with Crippen molar-refractivity contribution in [2.24, 2.45) is 5.16 Å². The first kappa shape index (κ1) is 13.7. The number of oxime groups is 1. The fourth-order valence-electron chi connectivity index (χ4n) is 2.06. The van der Waals surface area contributed by atoms with Gasteiger partial charge in [0.1, 0.15) is 0 Å². The van der Waals surface area contributed by atoms with Crippen molar-refractivity contribution >= 4 is 28.9 Å². The minimum Gasteiger partial charge on any atom is -0.411 e. The molecule has 0 spiro atoms. The van der Waals surface area contributed by atoms with E-state index in [0.717, 1.165) is 37.0 Å². The molecule has 1 aromatic carbocycles. The summed E-state index contributed by atoms with van der Waals surface area (Å²) in [5.41, 5.74) is 1.69. The van der Waals surface area contributed by atoms with Gasteiger partial charge in [-0.2, -0.15) is 0 Å². The quantitative estimate of drug-likeness (QED) is 0.666. The highest BCUT2D eigenvalue weighted by Crippen LogP contribution is 2.27. The maximum Gasteiger partial charge on any atom is 0.0749 e. The highest BCUT2D eigenvalue weighted by molar-refractivity contribution is 6.35. The first-order chi connectivity index (χ1) is 8.70. The molecule has 1 aliphatic carbocycles. The van der Waals surface area contributed by atoms with Crippen LogP contribution in [0.3, 0.4) is 0 Å². The molecule has 0 heterocycles. The molecule has 1 fully saturated rings. The Bertz CT molecular complexity index is 418. The maximum atomic E-state index is 8.67. The molecular weight excluding hydrogens is 273 g/mol. The minimum absolute atomic E-state index is 0.183. The zero-order valence-corrected chi connectivity index (χ0v) is 11.4. The van der Waals surface area contributed by atoms with Gasteiger partial charge in [0.25, 0.3) is 0 Å². The van der Waals surface area contributed by atoms with Crippen LogP contribution in [0.5, 0.6) is 0 Å². The molecule has 0 radical (unpaired) electrons. The fourth-order valence-corrected chi connectivity index (χ4v) is 2.57. The fraction of sp³-hybridized carbons (Fsp3) is 0.462. The molecule has 1 N–H and O–H groups in total. The molecular formula is C13H15Cl2NO2. The van der Waals surface area contributed by atoms with E-state index in [1.807, 2.05) is 18.2 Å². The lowest BCUT2D eigenvalue weighted by atomic mass is 9.96. The van der Waals surface area contributed by atoms with E-state index in [-0.39, 0.29) is 6.10 Å². The number of halogens is 2. The Labute approximate surface area is 116 Å². The molecule has 2 rings (SSSR count). The third kappa shape index (κ3) is 3.37. The molecule has 0 aliphatic heterocycles. The molecule has 0 saturated heterocycles. The van der Waals surface area contributed by atoms with Crippen LogP contribution in [0.2, 0.25) is 10.0 Å².